The molecule has 0 aromatic heterocycles. The Balaban J connectivity index is 2.14. The fraction of sp³-hybridized carbons (Fsp3) is 0.222. The van der Waals surface area contributed by atoms with E-state index in [1.54, 1.807) is 36.4 Å². The van der Waals surface area contributed by atoms with Gasteiger partial charge in [-0.15, -0.1) is 0 Å². The first-order valence-corrected chi connectivity index (χ1v) is 8.03. The van der Waals surface area contributed by atoms with Gasteiger partial charge in [0.25, 0.3) is 11.8 Å². The van der Waals surface area contributed by atoms with E-state index in [4.69, 9.17) is 0 Å². The maximum Gasteiger partial charge on any atom is 0.255 e. The van der Waals surface area contributed by atoms with Gasteiger partial charge in [0.05, 0.1) is 0 Å². The van der Waals surface area contributed by atoms with Crippen LogP contribution < -0.4 is 10.6 Å². The Kier molecular flexibility index (Phi) is 5.21. The summed E-state index contributed by atoms with van der Waals surface area (Å²) in [7, 11) is 0. The molecule has 23 heavy (non-hydrogen) atoms. The molecule has 0 aliphatic heterocycles. The zero-order valence-corrected chi connectivity index (χ0v) is 14.9. The minimum atomic E-state index is -0.327. The maximum atomic E-state index is 12.3. The minimum absolute atomic E-state index is 0.198. The lowest BCUT2D eigenvalue weighted by Gasteiger charge is -2.20. The van der Waals surface area contributed by atoms with Crippen molar-refractivity contribution in [2.75, 3.05) is 5.32 Å². The lowest BCUT2D eigenvalue weighted by Crippen LogP contribution is -2.40. The highest BCUT2D eigenvalue weighted by atomic mass is 79.9. The summed E-state index contributed by atoms with van der Waals surface area (Å²) in [4.78, 5) is 24.5. The molecule has 0 fully saturated rings. The lowest BCUT2D eigenvalue weighted by atomic mass is 10.1. The summed E-state index contributed by atoms with van der Waals surface area (Å²) in [5.74, 6) is -0.450. The van der Waals surface area contributed by atoms with Crippen LogP contribution in [0.1, 0.15) is 41.5 Å². The fourth-order valence-electron chi connectivity index (χ4n) is 1.95. The van der Waals surface area contributed by atoms with Crippen molar-refractivity contribution < 1.29 is 9.59 Å². The molecule has 5 heteroatoms. The van der Waals surface area contributed by atoms with Gasteiger partial charge in [0, 0.05) is 26.8 Å². The number of hydrogen-bond acceptors (Lipinski definition) is 2. The summed E-state index contributed by atoms with van der Waals surface area (Å²) in [6, 6.07) is 14.0. The lowest BCUT2D eigenvalue weighted by molar-refractivity contribution is 0.0919. The standard InChI is InChI=1S/C18H19BrN2O2/c1-18(2,3)21-17(23)13-6-4-5-12(11-13)16(22)20-15-9-7-14(19)8-10-15/h4-11H,1-3H3,(H,20,22)(H,21,23). The van der Waals surface area contributed by atoms with E-state index >= 15 is 0 Å². The van der Waals surface area contributed by atoms with Gasteiger partial charge in [-0.05, 0) is 63.2 Å². The summed E-state index contributed by atoms with van der Waals surface area (Å²) < 4.78 is 0.941. The Hall–Kier alpha value is -2.14. The van der Waals surface area contributed by atoms with Gasteiger partial charge in [-0.25, -0.2) is 0 Å². The van der Waals surface area contributed by atoms with Crippen molar-refractivity contribution in [3.63, 3.8) is 0 Å². The van der Waals surface area contributed by atoms with Crippen LogP contribution in [0.5, 0.6) is 0 Å². The summed E-state index contributed by atoms with van der Waals surface area (Å²) in [5, 5.41) is 5.69. The van der Waals surface area contributed by atoms with Gasteiger partial charge < -0.3 is 10.6 Å². The number of amides is 2. The van der Waals surface area contributed by atoms with Crippen molar-refractivity contribution in [1.82, 2.24) is 5.32 Å². The molecule has 0 spiro atoms. The van der Waals surface area contributed by atoms with Gasteiger partial charge in [0.1, 0.15) is 0 Å². The molecule has 0 radical (unpaired) electrons. The van der Waals surface area contributed by atoms with Crippen LogP contribution in [0.4, 0.5) is 5.69 Å². The minimum Gasteiger partial charge on any atom is -0.347 e. The van der Waals surface area contributed by atoms with E-state index in [0.717, 1.165) is 4.47 Å². The third kappa shape index (κ3) is 5.21. The van der Waals surface area contributed by atoms with E-state index in [9.17, 15) is 9.59 Å². The highest BCUT2D eigenvalue weighted by Crippen LogP contribution is 2.15. The van der Waals surface area contributed by atoms with Gasteiger partial charge >= 0.3 is 0 Å². The van der Waals surface area contributed by atoms with Crippen LogP contribution in [0, 0.1) is 0 Å². The first-order chi connectivity index (χ1) is 10.7. The normalized spacial score (nSPS) is 11.0. The number of halogens is 1. The number of benzene rings is 2. The molecule has 0 aliphatic rings. The number of rotatable bonds is 3. The van der Waals surface area contributed by atoms with Crippen molar-refractivity contribution in [2.45, 2.75) is 26.3 Å². The summed E-state index contributed by atoms with van der Waals surface area (Å²) >= 11 is 3.35. The van der Waals surface area contributed by atoms with E-state index in [0.29, 0.717) is 16.8 Å². The summed E-state index contributed by atoms with van der Waals surface area (Å²) in [5.41, 5.74) is 1.27. The van der Waals surface area contributed by atoms with E-state index in [-0.39, 0.29) is 17.4 Å². The average molecular weight is 375 g/mol. The molecule has 0 heterocycles. The van der Waals surface area contributed by atoms with Crippen molar-refractivity contribution in [1.29, 1.82) is 0 Å². The van der Waals surface area contributed by atoms with Gasteiger partial charge in [0.15, 0.2) is 0 Å². The molecule has 0 aliphatic carbocycles. The zero-order valence-electron chi connectivity index (χ0n) is 13.3. The van der Waals surface area contributed by atoms with E-state index in [1.165, 1.54) is 0 Å². The van der Waals surface area contributed by atoms with E-state index < -0.39 is 0 Å². The predicted octanol–water partition coefficient (Wildman–Crippen LogP) is 4.23. The average Bonchev–Trinajstić information content (AvgIpc) is 2.48. The van der Waals surface area contributed by atoms with Crippen molar-refractivity contribution in [3.8, 4) is 0 Å². The molecule has 4 nitrogen and oxygen atoms in total. The van der Waals surface area contributed by atoms with Crippen LogP contribution in [0.25, 0.3) is 0 Å². The predicted molar refractivity (Wildman–Crippen MR) is 95.8 cm³/mol. The molecule has 0 bridgehead atoms. The van der Waals surface area contributed by atoms with E-state index in [1.807, 2.05) is 32.9 Å². The van der Waals surface area contributed by atoms with Gasteiger partial charge in [-0.2, -0.15) is 0 Å². The van der Waals surface area contributed by atoms with Gasteiger partial charge in [-0.3, -0.25) is 9.59 Å². The zero-order chi connectivity index (χ0) is 17.0. The molecule has 2 N–H and O–H groups in total. The molecular weight excluding hydrogens is 356 g/mol. The van der Waals surface area contributed by atoms with Crippen LogP contribution in [0.15, 0.2) is 53.0 Å². The van der Waals surface area contributed by atoms with Crippen molar-refractivity contribution >= 4 is 33.4 Å². The Morgan fingerprint density at radius 3 is 2.04 bits per heavy atom. The third-order valence-corrected chi connectivity index (χ3v) is 3.51. The van der Waals surface area contributed by atoms with Gasteiger partial charge in [0.2, 0.25) is 0 Å². The van der Waals surface area contributed by atoms with Crippen molar-refractivity contribution in [3.05, 3.63) is 64.1 Å². The Labute approximate surface area is 144 Å². The van der Waals surface area contributed by atoms with Crippen LogP contribution in [0.3, 0.4) is 0 Å². The molecular formula is C18H19BrN2O2. The van der Waals surface area contributed by atoms with Crippen LogP contribution in [-0.2, 0) is 0 Å². The Bertz CT molecular complexity index is 719. The Morgan fingerprint density at radius 1 is 0.913 bits per heavy atom. The number of hydrogen-bond donors (Lipinski definition) is 2. The monoisotopic (exact) mass is 374 g/mol. The number of carbonyl (C=O) groups is 2. The molecule has 0 saturated carbocycles. The maximum absolute atomic E-state index is 12.3. The first kappa shape index (κ1) is 17.2. The number of anilines is 1. The molecule has 2 rings (SSSR count). The van der Waals surface area contributed by atoms with E-state index in [2.05, 4.69) is 26.6 Å². The third-order valence-electron chi connectivity index (χ3n) is 2.98. The molecule has 120 valence electrons. The molecule has 2 aromatic rings. The fourth-order valence-corrected chi connectivity index (χ4v) is 2.22. The molecule has 0 atom stereocenters. The van der Waals surface area contributed by atoms with Crippen LogP contribution in [-0.4, -0.2) is 17.4 Å². The first-order valence-electron chi connectivity index (χ1n) is 7.24. The van der Waals surface area contributed by atoms with Crippen LogP contribution >= 0.6 is 15.9 Å². The second-order valence-electron chi connectivity index (χ2n) is 6.25. The second-order valence-corrected chi connectivity index (χ2v) is 7.16. The van der Waals surface area contributed by atoms with Crippen molar-refractivity contribution in [2.24, 2.45) is 0 Å². The number of carbonyl (C=O) groups excluding carboxylic acids is 2. The smallest absolute Gasteiger partial charge is 0.255 e. The highest BCUT2D eigenvalue weighted by Gasteiger charge is 2.16. The quantitative estimate of drug-likeness (QED) is 0.844. The highest BCUT2D eigenvalue weighted by molar-refractivity contribution is 9.10. The molecule has 0 unspecified atom stereocenters. The molecule has 0 saturated heterocycles. The number of nitrogens with one attached hydrogen (secondary N) is 2. The Morgan fingerprint density at radius 2 is 1.48 bits per heavy atom. The molecule has 2 amide bonds. The second kappa shape index (κ2) is 6.96. The van der Waals surface area contributed by atoms with Crippen LogP contribution in [0.2, 0.25) is 0 Å². The topological polar surface area (TPSA) is 58.2 Å². The molecule has 2 aromatic carbocycles. The largest absolute Gasteiger partial charge is 0.347 e. The van der Waals surface area contributed by atoms with Gasteiger partial charge in [-0.1, -0.05) is 22.0 Å². The summed E-state index contributed by atoms with van der Waals surface area (Å²) in [6.45, 7) is 5.74. The SMILES string of the molecule is CC(C)(C)NC(=O)c1cccc(C(=O)Nc2ccc(Br)cc2)c1. The summed E-state index contributed by atoms with van der Waals surface area (Å²) in [6.07, 6.45) is 0.